The summed E-state index contributed by atoms with van der Waals surface area (Å²) in [5.41, 5.74) is 3.99. The van der Waals surface area contributed by atoms with E-state index in [1.54, 1.807) is 31.2 Å². The predicted molar refractivity (Wildman–Crippen MR) is 153 cm³/mol. The zero-order valence-electron chi connectivity index (χ0n) is 22.9. The van der Waals surface area contributed by atoms with E-state index in [4.69, 9.17) is 14.3 Å². The highest BCUT2D eigenvalue weighted by Crippen LogP contribution is 2.33. The maximum atomic E-state index is 13.6. The smallest absolute Gasteiger partial charge is 0.434 e. The topological polar surface area (TPSA) is 96.2 Å². The number of rotatable bonds is 9. The molecule has 0 N–H and O–H groups in total. The zero-order valence-corrected chi connectivity index (χ0v) is 22.9. The van der Waals surface area contributed by atoms with Gasteiger partial charge in [-0.2, -0.15) is 0 Å². The molecule has 0 atom stereocenters. The Hall–Kier alpha value is -4.46. The number of ether oxygens (including phenoxy) is 2. The molecule has 8 nitrogen and oxygen atoms in total. The van der Waals surface area contributed by atoms with Crippen molar-refractivity contribution in [1.29, 1.82) is 0 Å². The summed E-state index contributed by atoms with van der Waals surface area (Å²) in [7, 11) is 1.47. The number of aryl methyl sites for hydroxylation is 1. The number of fused-ring (bicyclic) bond motifs is 3. The first kappa shape index (κ1) is 27.1. The van der Waals surface area contributed by atoms with Crippen LogP contribution in [0.15, 0.2) is 65.8 Å². The van der Waals surface area contributed by atoms with Crippen molar-refractivity contribution in [3.63, 3.8) is 0 Å². The largest absolute Gasteiger partial charge is 0.513 e. The highest BCUT2D eigenvalue weighted by molar-refractivity contribution is 6.46. The fourth-order valence-electron chi connectivity index (χ4n) is 5.56. The monoisotopic (exact) mass is 540 g/mol. The van der Waals surface area contributed by atoms with Gasteiger partial charge in [0, 0.05) is 51.0 Å². The van der Waals surface area contributed by atoms with Crippen LogP contribution in [-0.2, 0) is 16.1 Å². The molecule has 4 aromatic rings. The van der Waals surface area contributed by atoms with Crippen LogP contribution in [0, 0.1) is 5.92 Å². The number of nitrogens with zero attached hydrogens (tertiary/aromatic N) is 2. The van der Waals surface area contributed by atoms with Gasteiger partial charge >= 0.3 is 6.16 Å². The minimum Gasteiger partial charge on any atom is -0.434 e. The number of hydrogen-bond acceptors (Lipinski definition) is 7. The maximum Gasteiger partial charge on any atom is 0.513 e. The molecule has 40 heavy (non-hydrogen) atoms. The van der Waals surface area contributed by atoms with Crippen LogP contribution < -0.4 is 4.74 Å². The number of Topliss-reactive ketones (excluding diaryl/α,β-unsaturated/α-hetero) is 1. The van der Waals surface area contributed by atoms with Crippen molar-refractivity contribution in [2.45, 2.75) is 46.1 Å². The number of ketones is 2. The van der Waals surface area contributed by atoms with Gasteiger partial charge in [0.2, 0.25) is 5.78 Å². The maximum absolute atomic E-state index is 13.6. The van der Waals surface area contributed by atoms with Crippen molar-refractivity contribution >= 4 is 45.2 Å². The molecule has 0 aliphatic heterocycles. The summed E-state index contributed by atoms with van der Waals surface area (Å²) < 4.78 is 12.1. The van der Waals surface area contributed by atoms with Gasteiger partial charge in [-0.15, -0.1) is 0 Å². The van der Waals surface area contributed by atoms with E-state index in [9.17, 15) is 14.4 Å². The minimum atomic E-state index is -0.791. The molecule has 1 heterocycles. The lowest BCUT2D eigenvalue weighted by Gasteiger charge is -2.11. The lowest BCUT2D eigenvalue weighted by atomic mass is 9.93. The Balaban J connectivity index is 1.50. The molecule has 0 unspecified atom stereocenters. The van der Waals surface area contributed by atoms with E-state index in [2.05, 4.69) is 16.6 Å². The minimum absolute atomic E-state index is 0.110. The van der Waals surface area contributed by atoms with Crippen LogP contribution in [0.3, 0.4) is 0 Å². The van der Waals surface area contributed by atoms with E-state index in [0.29, 0.717) is 28.2 Å². The van der Waals surface area contributed by atoms with Crippen LogP contribution in [0.4, 0.5) is 4.79 Å². The summed E-state index contributed by atoms with van der Waals surface area (Å²) >= 11 is 0. The number of oxime groups is 1. The van der Waals surface area contributed by atoms with E-state index in [-0.39, 0.29) is 24.1 Å². The molecule has 5 rings (SSSR count). The van der Waals surface area contributed by atoms with Gasteiger partial charge in [0.1, 0.15) is 18.6 Å². The lowest BCUT2D eigenvalue weighted by molar-refractivity contribution is 0.103. The van der Waals surface area contributed by atoms with Crippen LogP contribution in [0.2, 0.25) is 0 Å². The molecular weight excluding hydrogens is 508 g/mol. The summed E-state index contributed by atoms with van der Waals surface area (Å²) in [4.78, 5) is 43.6. The summed E-state index contributed by atoms with van der Waals surface area (Å²) in [6, 6.07) is 17.7. The Morgan fingerprint density at radius 2 is 1.45 bits per heavy atom. The van der Waals surface area contributed by atoms with Gasteiger partial charge in [0.15, 0.2) is 5.78 Å². The molecule has 0 amide bonds. The molecule has 0 bridgehead atoms. The molecule has 1 aliphatic rings. The third kappa shape index (κ3) is 5.21. The van der Waals surface area contributed by atoms with Gasteiger partial charge in [-0.25, -0.2) is 4.79 Å². The second-order valence-electron chi connectivity index (χ2n) is 9.82. The summed E-state index contributed by atoms with van der Waals surface area (Å²) in [5, 5.41) is 5.93. The first-order valence-corrected chi connectivity index (χ1v) is 13.7. The number of carbonyl (C=O) groups is 3. The Morgan fingerprint density at radius 1 is 0.850 bits per heavy atom. The molecule has 1 aromatic heterocycles. The molecule has 206 valence electrons. The molecule has 1 saturated carbocycles. The van der Waals surface area contributed by atoms with Gasteiger partial charge in [-0.3, -0.25) is 9.59 Å². The van der Waals surface area contributed by atoms with E-state index >= 15 is 0 Å². The first-order valence-electron chi connectivity index (χ1n) is 13.7. The van der Waals surface area contributed by atoms with Gasteiger partial charge in [-0.1, -0.05) is 18.0 Å². The van der Waals surface area contributed by atoms with Gasteiger partial charge in [0.25, 0.3) is 0 Å². The van der Waals surface area contributed by atoms with Crippen molar-refractivity contribution in [2.75, 3.05) is 13.7 Å². The molecule has 0 radical (unpaired) electrons. The Morgan fingerprint density at radius 3 is 2.05 bits per heavy atom. The molecule has 0 spiro atoms. The van der Waals surface area contributed by atoms with E-state index in [0.717, 1.165) is 54.0 Å². The SMILES string of the molecule is CCOC(=O)Oc1ccc(C(=O)c2ccc3c(c2)c2cc(C(=O)/C(=N/OC)C4CCCC4)ccc2n3CC)cc1. The average Bonchev–Trinajstić information content (AvgIpc) is 3.61. The standard InChI is InChI=1S/C32H32N2O6/c1-4-34-27-16-12-22(30(35)21-10-14-24(15-11-21)40-32(37)39-5-2)18-25(27)26-19-23(13-17-28(26)34)31(36)29(33-38-3)20-8-6-7-9-20/h10-20H,4-9H2,1-3H3/b33-29+. The van der Waals surface area contributed by atoms with E-state index in [1.807, 2.05) is 36.4 Å². The zero-order chi connectivity index (χ0) is 28.2. The number of aromatic nitrogens is 1. The molecular formula is C32H32N2O6. The molecule has 3 aromatic carbocycles. The van der Waals surface area contributed by atoms with Crippen molar-refractivity contribution in [3.05, 3.63) is 77.4 Å². The number of carbonyl (C=O) groups excluding carboxylic acids is 3. The number of benzene rings is 3. The van der Waals surface area contributed by atoms with E-state index in [1.165, 1.54) is 7.11 Å². The van der Waals surface area contributed by atoms with Gasteiger partial charge in [0.05, 0.1) is 6.61 Å². The van der Waals surface area contributed by atoms with Crippen LogP contribution in [0.1, 0.15) is 65.8 Å². The third-order valence-corrected chi connectivity index (χ3v) is 7.45. The summed E-state index contributed by atoms with van der Waals surface area (Å²) in [5.74, 6) is 0.122. The molecule has 8 heteroatoms. The van der Waals surface area contributed by atoms with Crippen molar-refractivity contribution < 1.29 is 28.7 Å². The van der Waals surface area contributed by atoms with Crippen molar-refractivity contribution in [1.82, 2.24) is 4.57 Å². The van der Waals surface area contributed by atoms with Crippen molar-refractivity contribution in [2.24, 2.45) is 11.1 Å². The Labute approximate surface area is 232 Å². The normalized spacial score (nSPS) is 14.0. The van der Waals surface area contributed by atoms with Crippen LogP contribution in [0.5, 0.6) is 5.75 Å². The van der Waals surface area contributed by atoms with E-state index < -0.39 is 6.16 Å². The fraction of sp³-hybridized carbons (Fsp3) is 0.312. The third-order valence-electron chi connectivity index (χ3n) is 7.45. The fourth-order valence-corrected chi connectivity index (χ4v) is 5.56. The van der Waals surface area contributed by atoms with Crippen LogP contribution in [0.25, 0.3) is 21.8 Å². The predicted octanol–water partition coefficient (Wildman–Crippen LogP) is 6.96. The van der Waals surface area contributed by atoms with Gasteiger partial charge < -0.3 is 18.9 Å². The lowest BCUT2D eigenvalue weighted by Crippen LogP contribution is -2.22. The summed E-state index contributed by atoms with van der Waals surface area (Å²) in [6.45, 7) is 4.71. The highest BCUT2D eigenvalue weighted by atomic mass is 16.7. The molecule has 1 aliphatic carbocycles. The second-order valence-corrected chi connectivity index (χ2v) is 9.82. The highest BCUT2D eigenvalue weighted by Gasteiger charge is 2.28. The molecule has 1 fully saturated rings. The Kier molecular flexibility index (Phi) is 7.96. The van der Waals surface area contributed by atoms with Crippen LogP contribution in [-0.4, -0.2) is 41.7 Å². The van der Waals surface area contributed by atoms with Crippen LogP contribution >= 0.6 is 0 Å². The Bertz CT molecular complexity index is 1610. The molecule has 0 saturated heterocycles. The quantitative estimate of drug-likeness (QED) is 0.0749. The van der Waals surface area contributed by atoms with Crippen molar-refractivity contribution in [3.8, 4) is 5.75 Å². The van der Waals surface area contributed by atoms with Gasteiger partial charge in [-0.05, 0) is 87.4 Å². The first-order chi connectivity index (χ1) is 19.4. The number of hydrogen-bond donors (Lipinski definition) is 0. The average molecular weight is 541 g/mol. The summed E-state index contributed by atoms with van der Waals surface area (Å²) in [6.07, 6.45) is 3.25. The second kappa shape index (κ2) is 11.7.